The van der Waals surface area contributed by atoms with E-state index in [4.69, 9.17) is 19.2 Å². The van der Waals surface area contributed by atoms with Crippen LogP contribution in [-0.2, 0) is 24.4 Å². The zero-order chi connectivity index (χ0) is 43.1. The molecule has 0 radical (unpaired) electrons. The minimum Gasteiger partial charge on any atom is -0.497 e. The highest BCUT2D eigenvalue weighted by Gasteiger charge is 2.63. The first-order valence-corrected chi connectivity index (χ1v) is 22.2. The summed E-state index contributed by atoms with van der Waals surface area (Å²) in [5.41, 5.74) is 0.389. The van der Waals surface area contributed by atoms with Gasteiger partial charge in [0.1, 0.15) is 41.0 Å². The number of fused-ring (bicyclic) bond motifs is 3. The highest BCUT2D eigenvalue weighted by molar-refractivity contribution is 7.91. The summed E-state index contributed by atoms with van der Waals surface area (Å²) in [6.45, 7) is 9.25. The molecule has 3 fully saturated rings. The average molecular weight is 846 g/mol. The quantitative estimate of drug-likeness (QED) is 0.186. The van der Waals surface area contributed by atoms with Crippen molar-refractivity contribution in [3.63, 3.8) is 0 Å². The Bertz CT molecular complexity index is 2300. The third kappa shape index (κ3) is 8.89. The second-order valence-electron chi connectivity index (χ2n) is 17.5. The van der Waals surface area contributed by atoms with Gasteiger partial charge in [0.15, 0.2) is 0 Å². The van der Waals surface area contributed by atoms with Crippen molar-refractivity contribution in [1.29, 1.82) is 0 Å². The zero-order valence-electron chi connectivity index (χ0n) is 34.9. The van der Waals surface area contributed by atoms with E-state index in [2.05, 4.69) is 15.4 Å². The van der Waals surface area contributed by atoms with Gasteiger partial charge in [-0.25, -0.2) is 18.2 Å². The predicted octanol–water partition coefficient (Wildman–Crippen LogP) is 5.57. The summed E-state index contributed by atoms with van der Waals surface area (Å²) in [6, 6.07) is 12.3. The fourth-order valence-electron chi connectivity index (χ4n) is 8.43. The summed E-state index contributed by atoms with van der Waals surface area (Å²) in [4.78, 5) is 61.6. The van der Waals surface area contributed by atoms with E-state index in [-0.39, 0.29) is 31.4 Å². The van der Waals surface area contributed by atoms with Crippen LogP contribution >= 0.6 is 0 Å². The molecule has 16 heteroatoms. The Labute approximate surface area is 350 Å². The summed E-state index contributed by atoms with van der Waals surface area (Å²) in [5, 5.41) is 15.9. The van der Waals surface area contributed by atoms with Gasteiger partial charge in [-0.05, 0) is 108 Å². The first-order valence-electron chi connectivity index (χ1n) is 20.7. The third-order valence-electron chi connectivity index (χ3n) is 12.3. The summed E-state index contributed by atoms with van der Waals surface area (Å²) in [7, 11) is -2.47. The molecule has 0 spiro atoms. The number of benzene rings is 2. The Kier molecular flexibility index (Phi) is 11.8. The molecule has 2 saturated carbocycles. The van der Waals surface area contributed by atoms with E-state index in [1.54, 1.807) is 32.2 Å². The number of aromatic nitrogens is 1. The van der Waals surface area contributed by atoms with Crippen molar-refractivity contribution in [2.24, 2.45) is 17.8 Å². The first-order chi connectivity index (χ1) is 28.4. The SMILES string of the molecule is COc1ccc2c(O[C@@H]3C[C@H]4C(=O)NC5(C(=O)NS(=O)(=O)C6(C)CC6)CC5/C=C\CC[C@@H](C)C[C@@H](C)[C@H](NC(=O)O)C(=O)N4C3)cc(-c3ccc(OC(C)C)cc3)nc2c1. The van der Waals surface area contributed by atoms with Gasteiger partial charge in [0, 0.05) is 35.4 Å². The normalized spacial score (nSPS) is 28.3. The van der Waals surface area contributed by atoms with Gasteiger partial charge in [0.05, 0.1) is 35.7 Å². The van der Waals surface area contributed by atoms with Crippen molar-refractivity contribution >= 4 is 44.7 Å². The van der Waals surface area contributed by atoms with Crippen LogP contribution in [0, 0.1) is 17.8 Å². The number of carbonyl (C=O) groups excluding carboxylic acids is 3. The topological polar surface area (TPSA) is 203 Å². The molecule has 2 unspecified atom stereocenters. The molecule has 15 nitrogen and oxygen atoms in total. The van der Waals surface area contributed by atoms with E-state index in [0.717, 1.165) is 12.0 Å². The van der Waals surface area contributed by atoms with Crippen LogP contribution in [0.1, 0.15) is 79.6 Å². The number of methoxy groups -OCH3 is 1. The third-order valence-corrected chi connectivity index (χ3v) is 14.5. The number of hydrogen-bond acceptors (Lipinski definition) is 10. The molecule has 3 heterocycles. The maximum Gasteiger partial charge on any atom is 0.405 e. The maximum absolute atomic E-state index is 14.6. The van der Waals surface area contributed by atoms with Gasteiger partial charge >= 0.3 is 6.09 Å². The average Bonchev–Trinajstić information content (AvgIpc) is 4.08. The first kappa shape index (κ1) is 42.7. The molecule has 2 aliphatic heterocycles. The van der Waals surface area contributed by atoms with Crippen LogP contribution in [0.3, 0.4) is 0 Å². The highest BCUT2D eigenvalue weighted by atomic mass is 32.2. The van der Waals surface area contributed by atoms with Crippen molar-refractivity contribution in [1.82, 2.24) is 25.2 Å². The monoisotopic (exact) mass is 845 g/mol. The molecule has 2 aliphatic carbocycles. The van der Waals surface area contributed by atoms with Gasteiger partial charge in [-0.1, -0.05) is 26.0 Å². The van der Waals surface area contributed by atoms with E-state index < -0.39 is 74.1 Å². The maximum atomic E-state index is 14.6. The Morgan fingerprint density at radius 1 is 1.03 bits per heavy atom. The van der Waals surface area contributed by atoms with Crippen molar-refractivity contribution in [2.45, 2.75) is 114 Å². The number of sulfonamides is 1. The largest absolute Gasteiger partial charge is 0.497 e. The van der Waals surface area contributed by atoms with Gasteiger partial charge in [-0.3, -0.25) is 19.1 Å². The molecule has 1 aromatic heterocycles. The summed E-state index contributed by atoms with van der Waals surface area (Å²) in [6.07, 6.45) is 4.54. The predicted molar refractivity (Wildman–Crippen MR) is 224 cm³/mol. The van der Waals surface area contributed by atoms with E-state index >= 15 is 0 Å². The van der Waals surface area contributed by atoms with Gasteiger partial charge in [0.2, 0.25) is 21.8 Å². The zero-order valence-corrected chi connectivity index (χ0v) is 35.7. The minimum absolute atomic E-state index is 0.00374. The summed E-state index contributed by atoms with van der Waals surface area (Å²) < 4.78 is 45.7. The molecule has 322 valence electrons. The molecule has 3 aromatic rings. The summed E-state index contributed by atoms with van der Waals surface area (Å²) >= 11 is 0. The number of amides is 4. The van der Waals surface area contributed by atoms with Crippen molar-refractivity contribution in [3.05, 3.63) is 60.7 Å². The Balaban J connectivity index is 1.24. The van der Waals surface area contributed by atoms with Crippen LogP contribution in [0.5, 0.6) is 17.2 Å². The number of hydrogen-bond donors (Lipinski definition) is 4. The number of carbonyl (C=O) groups is 4. The molecule has 4 amide bonds. The van der Waals surface area contributed by atoms with Gasteiger partial charge in [0.25, 0.3) is 5.91 Å². The number of pyridine rings is 1. The fourth-order valence-corrected chi connectivity index (χ4v) is 9.75. The molecule has 1 saturated heterocycles. The van der Waals surface area contributed by atoms with Gasteiger partial charge in [-0.2, -0.15) is 0 Å². The number of nitrogens with zero attached hydrogens (tertiary/aromatic N) is 2. The lowest BCUT2D eigenvalue weighted by molar-refractivity contribution is -0.142. The van der Waals surface area contributed by atoms with Crippen LogP contribution < -0.4 is 29.6 Å². The standard InChI is InChI=1S/C44H55N5O10S/c1-25(2)58-30-13-11-28(12-14-30)34-22-37(33-16-15-31(57-6)20-35(33)45-34)59-32-21-36-39(50)47-44(41(52)48-60(55,56)43(5)17-18-43)23-29(44)10-8-7-9-26(3)19-27(4)38(46-42(53)54)40(51)49(36)24-32/h8,10-16,20,22,25-27,29,32,36,38,46H,7,9,17-19,21,23-24H2,1-6H3,(H,47,50)(H,48,52)(H,53,54)/b10-8-/t26-,27-,29?,32-,36+,38+,44?/m1/s1. The van der Waals surface area contributed by atoms with E-state index in [0.29, 0.717) is 59.5 Å². The molecule has 0 bridgehead atoms. The number of nitrogens with one attached hydrogen (secondary N) is 3. The molecule has 7 atom stereocenters. The van der Waals surface area contributed by atoms with Gasteiger partial charge < -0.3 is 34.9 Å². The van der Waals surface area contributed by atoms with E-state index in [9.17, 15) is 32.7 Å². The van der Waals surface area contributed by atoms with Crippen LogP contribution in [0.2, 0.25) is 0 Å². The summed E-state index contributed by atoms with van der Waals surface area (Å²) in [5.74, 6) is -1.18. The molecular formula is C44H55N5O10S. The fraction of sp³-hybridized carbons (Fsp3) is 0.523. The highest BCUT2D eigenvalue weighted by Crippen LogP contribution is 2.48. The van der Waals surface area contributed by atoms with Crippen molar-refractivity contribution < 1.29 is 46.9 Å². The van der Waals surface area contributed by atoms with Crippen LogP contribution in [0.25, 0.3) is 22.2 Å². The smallest absolute Gasteiger partial charge is 0.405 e. The Hall–Kier alpha value is -5.38. The Morgan fingerprint density at radius 3 is 2.42 bits per heavy atom. The molecule has 4 N–H and O–H groups in total. The van der Waals surface area contributed by atoms with Crippen molar-refractivity contribution in [3.8, 4) is 28.5 Å². The minimum atomic E-state index is -4.03. The lowest BCUT2D eigenvalue weighted by atomic mass is 9.88. The van der Waals surface area contributed by atoms with Crippen molar-refractivity contribution in [2.75, 3.05) is 13.7 Å². The van der Waals surface area contributed by atoms with Crippen LogP contribution in [0.4, 0.5) is 4.79 Å². The van der Waals surface area contributed by atoms with E-state index in [1.165, 1.54) is 4.90 Å². The molecule has 4 aliphatic rings. The van der Waals surface area contributed by atoms with Gasteiger partial charge in [-0.15, -0.1) is 0 Å². The second kappa shape index (κ2) is 16.6. The molecule has 60 heavy (non-hydrogen) atoms. The second-order valence-corrected chi connectivity index (χ2v) is 19.7. The lowest BCUT2D eigenvalue weighted by Crippen LogP contribution is -2.59. The van der Waals surface area contributed by atoms with Crippen LogP contribution in [-0.4, -0.2) is 95.5 Å². The number of carboxylic acid groups (broad SMARTS) is 1. The number of rotatable bonds is 10. The molecule has 2 aromatic carbocycles. The Morgan fingerprint density at radius 2 is 1.75 bits per heavy atom. The van der Waals surface area contributed by atoms with E-state index in [1.807, 2.05) is 70.2 Å². The molecular weight excluding hydrogens is 791 g/mol. The number of ether oxygens (including phenoxy) is 3. The number of allylic oxidation sites excluding steroid dienone is 1. The van der Waals surface area contributed by atoms with Crippen LogP contribution in [0.15, 0.2) is 60.7 Å². The molecule has 7 rings (SSSR count). The lowest BCUT2D eigenvalue weighted by Gasteiger charge is -2.32.